The molecule has 0 aliphatic heterocycles. The first kappa shape index (κ1) is 18.7. The van der Waals surface area contributed by atoms with Gasteiger partial charge in [-0.1, -0.05) is 29.8 Å². The van der Waals surface area contributed by atoms with Crippen LogP contribution in [0.25, 0.3) is 11.0 Å². The average Bonchev–Trinajstić information content (AvgIpc) is 3.37. The number of rotatable bonds is 7. The van der Waals surface area contributed by atoms with Crippen LogP contribution in [0.4, 0.5) is 0 Å². The van der Waals surface area contributed by atoms with Gasteiger partial charge >= 0.3 is 0 Å². The summed E-state index contributed by atoms with van der Waals surface area (Å²) in [6, 6.07) is 15.7. The smallest absolute Gasteiger partial charge is 0.275 e. The molecule has 7 heteroatoms. The van der Waals surface area contributed by atoms with Crippen molar-refractivity contribution in [1.29, 1.82) is 0 Å². The Kier molecular flexibility index (Phi) is 5.29. The summed E-state index contributed by atoms with van der Waals surface area (Å²) in [6.07, 6.45) is 3.14. The Bertz CT molecular complexity index is 1110. The van der Waals surface area contributed by atoms with Crippen LogP contribution in [-0.2, 0) is 6.54 Å². The number of oxazole rings is 1. The molecule has 1 amide bonds. The van der Waals surface area contributed by atoms with Gasteiger partial charge in [-0.2, -0.15) is 0 Å². The molecule has 0 fully saturated rings. The first-order valence-corrected chi connectivity index (χ1v) is 9.39. The Balaban J connectivity index is 1.34. The van der Waals surface area contributed by atoms with E-state index in [1.807, 2.05) is 60.0 Å². The van der Waals surface area contributed by atoms with Crippen molar-refractivity contribution in [3.8, 4) is 5.75 Å². The van der Waals surface area contributed by atoms with Gasteiger partial charge in [0.25, 0.3) is 5.91 Å². The molecule has 4 aromatic rings. The SMILES string of the molecule is Cc1ccc(OCCN(C)C(=O)c2coc(Cn3cnc4ccccc43)n2)cc1. The van der Waals surface area contributed by atoms with Gasteiger partial charge in [0.1, 0.15) is 25.2 Å². The van der Waals surface area contributed by atoms with Crippen LogP contribution in [0.2, 0.25) is 0 Å². The second kappa shape index (κ2) is 8.18. The molecular weight excluding hydrogens is 368 g/mol. The molecule has 4 rings (SSSR count). The number of fused-ring (bicyclic) bond motifs is 1. The number of nitrogens with zero attached hydrogens (tertiary/aromatic N) is 4. The van der Waals surface area contributed by atoms with Gasteiger partial charge in [0.05, 0.1) is 23.9 Å². The van der Waals surface area contributed by atoms with Gasteiger partial charge in [-0.3, -0.25) is 4.79 Å². The Morgan fingerprint density at radius 2 is 1.97 bits per heavy atom. The maximum atomic E-state index is 12.6. The van der Waals surface area contributed by atoms with E-state index in [0.717, 1.165) is 16.8 Å². The molecule has 0 radical (unpaired) electrons. The third kappa shape index (κ3) is 4.29. The van der Waals surface area contributed by atoms with Gasteiger partial charge in [0.2, 0.25) is 5.89 Å². The van der Waals surface area contributed by atoms with Crippen LogP contribution in [0.5, 0.6) is 5.75 Å². The molecule has 0 bridgehead atoms. The van der Waals surface area contributed by atoms with Crippen molar-refractivity contribution >= 4 is 16.9 Å². The fourth-order valence-corrected chi connectivity index (χ4v) is 3.00. The van der Waals surface area contributed by atoms with Crippen LogP contribution >= 0.6 is 0 Å². The first-order chi connectivity index (χ1) is 14.1. The van der Waals surface area contributed by atoms with Crippen LogP contribution in [0.3, 0.4) is 0 Å². The lowest BCUT2D eigenvalue weighted by molar-refractivity contribution is 0.0768. The van der Waals surface area contributed by atoms with Crippen molar-refractivity contribution in [1.82, 2.24) is 19.4 Å². The normalized spacial score (nSPS) is 11.0. The molecule has 0 saturated carbocycles. The number of amides is 1. The van der Waals surface area contributed by atoms with Crippen molar-refractivity contribution < 1.29 is 13.9 Å². The average molecular weight is 390 g/mol. The molecule has 29 heavy (non-hydrogen) atoms. The molecule has 0 aliphatic carbocycles. The lowest BCUT2D eigenvalue weighted by Crippen LogP contribution is -2.31. The number of hydrogen-bond donors (Lipinski definition) is 0. The van der Waals surface area contributed by atoms with Gasteiger partial charge in [0, 0.05) is 7.05 Å². The van der Waals surface area contributed by atoms with Gasteiger partial charge in [0.15, 0.2) is 5.69 Å². The highest BCUT2D eigenvalue weighted by molar-refractivity contribution is 5.91. The van der Waals surface area contributed by atoms with Crippen LogP contribution in [0.1, 0.15) is 21.9 Å². The molecule has 0 unspecified atom stereocenters. The highest BCUT2D eigenvalue weighted by Gasteiger charge is 2.17. The van der Waals surface area contributed by atoms with Crippen molar-refractivity contribution in [2.45, 2.75) is 13.5 Å². The fourth-order valence-electron chi connectivity index (χ4n) is 3.00. The highest BCUT2D eigenvalue weighted by Crippen LogP contribution is 2.15. The van der Waals surface area contributed by atoms with Gasteiger partial charge in [-0.25, -0.2) is 9.97 Å². The van der Waals surface area contributed by atoms with Crippen LogP contribution in [-0.4, -0.2) is 45.5 Å². The van der Waals surface area contributed by atoms with E-state index in [9.17, 15) is 4.79 Å². The number of hydrogen-bond acceptors (Lipinski definition) is 5. The Labute approximate surface area is 168 Å². The summed E-state index contributed by atoms with van der Waals surface area (Å²) in [5, 5.41) is 0. The van der Waals surface area contributed by atoms with E-state index in [0.29, 0.717) is 25.6 Å². The summed E-state index contributed by atoms with van der Waals surface area (Å²) in [4.78, 5) is 22.9. The van der Waals surface area contributed by atoms with Gasteiger partial charge in [-0.15, -0.1) is 0 Å². The van der Waals surface area contributed by atoms with Crippen molar-refractivity contribution in [2.24, 2.45) is 0 Å². The van der Waals surface area contributed by atoms with Crippen molar-refractivity contribution in [3.63, 3.8) is 0 Å². The monoisotopic (exact) mass is 390 g/mol. The Morgan fingerprint density at radius 3 is 2.79 bits per heavy atom. The van der Waals surface area contributed by atoms with E-state index in [-0.39, 0.29) is 11.6 Å². The quantitative estimate of drug-likeness (QED) is 0.483. The topological polar surface area (TPSA) is 73.4 Å². The number of benzene rings is 2. The zero-order chi connectivity index (χ0) is 20.2. The number of para-hydroxylation sites is 2. The van der Waals surface area contributed by atoms with Crippen molar-refractivity contribution in [3.05, 3.63) is 78.3 Å². The third-order valence-corrected chi connectivity index (χ3v) is 4.67. The Morgan fingerprint density at radius 1 is 1.17 bits per heavy atom. The van der Waals surface area contributed by atoms with Crippen LogP contribution in [0.15, 0.2) is 65.5 Å². The molecule has 0 aliphatic rings. The maximum absolute atomic E-state index is 12.6. The zero-order valence-corrected chi connectivity index (χ0v) is 16.4. The van der Waals surface area contributed by atoms with Gasteiger partial charge in [-0.05, 0) is 31.2 Å². The number of ether oxygens (including phenoxy) is 1. The number of aryl methyl sites for hydroxylation is 1. The fraction of sp³-hybridized carbons (Fsp3) is 0.227. The van der Waals surface area contributed by atoms with E-state index in [1.54, 1.807) is 18.3 Å². The molecule has 2 heterocycles. The first-order valence-electron chi connectivity index (χ1n) is 9.39. The summed E-state index contributed by atoms with van der Waals surface area (Å²) in [6.45, 7) is 3.28. The molecule has 0 atom stereocenters. The van der Waals surface area contributed by atoms with Crippen LogP contribution < -0.4 is 4.74 Å². The predicted octanol–water partition coefficient (Wildman–Crippen LogP) is 3.53. The molecule has 0 saturated heterocycles. The summed E-state index contributed by atoms with van der Waals surface area (Å²) in [5.74, 6) is 1.04. The minimum atomic E-state index is -0.206. The maximum Gasteiger partial charge on any atom is 0.275 e. The van der Waals surface area contributed by atoms with E-state index in [4.69, 9.17) is 9.15 Å². The number of aromatic nitrogens is 3. The summed E-state index contributed by atoms with van der Waals surface area (Å²) in [5.41, 5.74) is 3.35. The number of carbonyl (C=O) groups is 1. The van der Waals surface area contributed by atoms with Crippen LogP contribution in [0, 0.1) is 6.92 Å². The molecule has 2 aromatic heterocycles. The Hall–Kier alpha value is -3.61. The van der Waals surface area contributed by atoms with E-state index in [2.05, 4.69) is 9.97 Å². The molecule has 148 valence electrons. The highest BCUT2D eigenvalue weighted by atomic mass is 16.5. The molecule has 7 nitrogen and oxygen atoms in total. The zero-order valence-electron chi connectivity index (χ0n) is 16.4. The minimum Gasteiger partial charge on any atom is -0.492 e. The standard InChI is InChI=1S/C22H22N4O3/c1-16-7-9-17(10-8-16)28-12-11-25(2)22(27)19-14-29-21(24-19)13-26-15-23-18-5-3-4-6-20(18)26/h3-10,14-15H,11-13H2,1-2H3. The van der Waals surface area contributed by atoms with E-state index >= 15 is 0 Å². The van der Waals surface area contributed by atoms with Crippen molar-refractivity contribution in [2.75, 3.05) is 20.2 Å². The summed E-state index contributed by atoms with van der Waals surface area (Å²) >= 11 is 0. The summed E-state index contributed by atoms with van der Waals surface area (Å²) in [7, 11) is 1.72. The molecule has 2 aromatic carbocycles. The van der Waals surface area contributed by atoms with E-state index in [1.165, 1.54) is 11.8 Å². The molecule has 0 N–H and O–H groups in total. The number of likely N-dealkylation sites (N-methyl/N-ethyl adjacent to an activating group) is 1. The number of carbonyl (C=O) groups excluding carboxylic acids is 1. The second-order valence-electron chi connectivity index (χ2n) is 6.88. The van der Waals surface area contributed by atoms with Gasteiger partial charge < -0.3 is 18.6 Å². The van der Waals surface area contributed by atoms with E-state index < -0.39 is 0 Å². The summed E-state index contributed by atoms with van der Waals surface area (Å²) < 4.78 is 13.1. The number of imidazole rings is 1. The predicted molar refractivity (Wildman–Crippen MR) is 109 cm³/mol. The lowest BCUT2D eigenvalue weighted by atomic mass is 10.2. The largest absolute Gasteiger partial charge is 0.492 e. The molecule has 0 spiro atoms. The molecular formula is C22H22N4O3. The second-order valence-corrected chi connectivity index (χ2v) is 6.88. The third-order valence-electron chi connectivity index (χ3n) is 4.67. The minimum absolute atomic E-state index is 0.206. The lowest BCUT2D eigenvalue weighted by Gasteiger charge is -2.16.